The first-order valence-corrected chi connectivity index (χ1v) is 5.65. The second-order valence-corrected chi connectivity index (χ2v) is 4.14. The average Bonchev–Trinajstić information content (AvgIpc) is 2.72. The van der Waals surface area contributed by atoms with Gasteiger partial charge in [0.2, 0.25) is 0 Å². The average molecular weight is 191 g/mol. The number of aryl methyl sites for hydroxylation is 1. The van der Waals surface area contributed by atoms with Crippen molar-refractivity contribution in [3.05, 3.63) is 29.6 Å². The minimum Gasteiger partial charge on any atom is -0.343 e. The molecule has 1 aliphatic heterocycles. The molecule has 2 rings (SSSR count). The molecule has 2 heterocycles. The summed E-state index contributed by atoms with van der Waals surface area (Å²) in [7, 11) is 0. The van der Waals surface area contributed by atoms with Gasteiger partial charge < -0.3 is 5.32 Å². The van der Waals surface area contributed by atoms with E-state index in [4.69, 9.17) is 0 Å². The summed E-state index contributed by atoms with van der Waals surface area (Å²) in [6.45, 7) is 3.47. The van der Waals surface area contributed by atoms with Crippen LogP contribution in [0, 0.1) is 0 Å². The number of hydrogen-bond acceptors (Lipinski definition) is 1. The molecule has 0 unspecified atom stereocenters. The summed E-state index contributed by atoms with van der Waals surface area (Å²) in [5, 5.41) is 2.45. The first-order valence-electron chi connectivity index (χ1n) is 5.65. The first-order chi connectivity index (χ1) is 6.88. The molecule has 1 fully saturated rings. The van der Waals surface area contributed by atoms with E-state index >= 15 is 0 Å². The third-order valence-electron chi connectivity index (χ3n) is 3.04. The molecule has 2 N–H and O–H groups in total. The van der Waals surface area contributed by atoms with Gasteiger partial charge in [0.25, 0.3) is 0 Å². The molecule has 0 saturated carbocycles. The maximum Gasteiger partial charge on any atom is 0.0917 e. The van der Waals surface area contributed by atoms with Crippen molar-refractivity contribution in [3.63, 3.8) is 0 Å². The maximum absolute atomic E-state index is 4.49. The number of nitrogens with two attached hydrogens (primary N) is 1. The zero-order valence-corrected chi connectivity index (χ0v) is 8.87. The summed E-state index contributed by atoms with van der Waals surface area (Å²) in [6.07, 6.45) is 6.98. The van der Waals surface area contributed by atoms with E-state index in [-0.39, 0.29) is 0 Å². The molecule has 0 spiro atoms. The molecule has 0 bridgehead atoms. The molecule has 0 aromatic carbocycles. The van der Waals surface area contributed by atoms with Gasteiger partial charge in [-0.3, -0.25) is 4.98 Å². The summed E-state index contributed by atoms with van der Waals surface area (Å²) in [5.41, 5.74) is 2.59. The number of pyridine rings is 1. The monoisotopic (exact) mass is 191 g/mol. The number of rotatable bonds is 3. The molecule has 0 amide bonds. The Labute approximate surface area is 85.7 Å². The van der Waals surface area contributed by atoms with Crippen molar-refractivity contribution in [1.82, 2.24) is 4.98 Å². The highest BCUT2D eigenvalue weighted by Gasteiger charge is 2.18. The van der Waals surface area contributed by atoms with Gasteiger partial charge in [-0.25, -0.2) is 0 Å². The zero-order valence-electron chi connectivity index (χ0n) is 8.87. The van der Waals surface area contributed by atoms with E-state index in [9.17, 15) is 0 Å². The Kier molecular flexibility index (Phi) is 3.14. The molecule has 1 aromatic heterocycles. The van der Waals surface area contributed by atoms with Gasteiger partial charge in [-0.1, -0.05) is 13.0 Å². The van der Waals surface area contributed by atoms with Gasteiger partial charge in [-0.2, -0.15) is 0 Å². The molecule has 2 heteroatoms. The van der Waals surface area contributed by atoms with Crippen LogP contribution < -0.4 is 5.32 Å². The Balaban J connectivity index is 1.95. The van der Waals surface area contributed by atoms with E-state index < -0.39 is 0 Å². The summed E-state index contributed by atoms with van der Waals surface area (Å²) >= 11 is 0. The largest absolute Gasteiger partial charge is 0.343 e. The van der Waals surface area contributed by atoms with E-state index in [0.717, 1.165) is 18.9 Å². The van der Waals surface area contributed by atoms with Crippen LogP contribution in [-0.4, -0.2) is 17.6 Å². The first kappa shape index (κ1) is 9.66. The van der Waals surface area contributed by atoms with Crippen molar-refractivity contribution in [2.45, 2.75) is 38.6 Å². The van der Waals surface area contributed by atoms with Gasteiger partial charge in [0.15, 0.2) is 0 Å². The maximum atomic E-state index is 4.49. The molecular formula is C12H19N2+. The lowest BCUT2D eigenvalue weighted by atomic mass is 10.1. The fourth-order valence-corrected chi connectivity index (χ4v) is 2.09. The molecular weight excluding hydrogens is 172 g/mol. The molecule has 2 nitrogen and oxygen atoms in total. The molecule has 0 aliphatic carbocycles. The van der Waals surface area contributed by atoms with Crippen molar-refractivity contribution >= 4 is 0 Å². The lowest BCUT2D eigenvalue weighted by Gasteiger charge is -2.06. The second kappa shape index (κ2) is 4.56. The smallest absolute Gasteiger partial charge is 0.0917 e. The van der Waals surface area contributed by atoms with Gasteiger partial charge >= 0.3 is 0 Å². The normalized spacial score (nSPS) is 21.4. The van der Waals surface area contributed by atoms with Crippen LogP contribution in [0.4, 0.5) is 0 Å². The van der Waals surface area contributed by atoms with Crippen molar-refractivity contribution < 1.29 is 5.32 Å². The van der Waals surface area contributed by atoms with E-state index in [1.807, 2.05) is 6.20 Å². The Morgan fingerprint density at radius 2 is 2.43 bits per heavy atom. The number of quaternary nitrogens is 1. The van der Waals surface area contributed by atoms with E-state index in [2.05, 4.69) is 29.4 Å². The zero-order chi connectivity index (χ0) is 9.80. The van der Waals surface area contributed by atoms with E-state index in [0.29, 0.717) is 0 Å². The SMILES string of the molecule is CCc1ccc(C[C@@H]2CCC[NH2+]2)nc1. The van der Waals surface area contributed by atoms with Crippen LogP contribution in [0.2, 0.25) is 0 Å². The highest BCUT2D eigenvalue weighted by Crippen LogP contribution is 2.06. The highest BCUT2D eigenvalue weighted by atomic mass is 14.9. The van der Waals surface area contributed by atoms with Crippen LogP contribution in [0.15, 0.2) is 18.3 Å². The molecule has 1 aromatic rings. The Hall–Kier alpha value is -0.890. The van der Waals surface area contributed by atoms with E-state index in [1.165, 1.54) is 30.6 Å². The minimum absolute atomic E-state index is 0.787. The Morgan fingerprint density at radius 1 is 1.50 bits per heavy atom. The fraction of sp³-hybridized carbons (Fsp3) is 0.583. The third kappa shape index (κ3) is 2.32. The third-order valence-corrected chi connectivity index (χ3v) is 3.04. The summed E-state index contributed by atoms with van der Waals surface area (Å²) in [4.78, 5) is 4.49. The predicted molar refractivity (Wildman–Crippen MR) is 57.1 cm³/mol. The predicted octanol–water partition coefficient (Wildman–Crippen LogP) is 0.912. The van der Waals surface area contributed by atoms with Gasteiger partial charge in [-0.05, 0) is 18.1 Å². The van der Waals surface area contributed by atoms with Crippen molar-refractivity contribution in [1.29, 1.82) is 0 Å². The van der Waals surface area contributed by atoms with Gasteiger partial charge in [-0.15, -0.1) is 0 Å². The summed E-state index contributed by atoms with van der Waals surface area (Å²) < 4.78 is 0. The quantitative estimate of drug-likeness (QED) is 0.756. The van der Waals surface area contributed by atoms with Gasteiger partial charge in [0.05, 0.1) is 12.6 Å². The van der Waals surface area contributed by atoms with Crippen LogP contribution in [-0.2, 0) is 12.8 Å². The topological polar surface area (TPSA) is 29.5 Å². The summed E-state index contributed by atoms with van der Waals surface area (Å²) in [5.74, 6) is 0. The number of hydrogen-bond donors (Lipinski definition) is 1. The van der Waals surface area contributed by atoms with Crippen LogP contribution in [0.1, 0.15) is 31.0 Å². The van der Waals surface area contributed by atoms with E-state index in [1.54, 1.807) is 0 Å². The molecule has 1 saturated heterocycles. The number of aromatic nitrogens is 1. The lowest BCUT2D eigenvalue weighted by molar-refractivity contribution is -0.669. The second-order valence-electron chi connectivity index (χ2n) is 4.14. The van der Waals surface area contributed by atoms with Crippen LogP contribution in [0.3, 0.4) is 0 Å². The van der Waals surface area contributed by atoms with Crippen molar-refractivity contribution in [3.8, 4) is 0 Å². The Bertz CT molecular complexity index is 273. The van der Waals surface area contributed by atoms with Crippen LogP contribution in [0.25, 0.3) is 0 Å². The minimum atomic E-state index is 0.787. The summed E-state index contributed by atoms with van der Waals surface area (Å²) in [6, 6.07) is 5.18. The molecule has 76 valence electrons. The molecule has 0 radical (unpaired) electrons. The molecule has 1 atom stereocenters. The van der Waals surface area contributed by atoms with Crippen molar-refractivity contribution in [2.75, 3.05) is 6.54 Å². The van der Waals surface area contributed by atoms with Gasteiger partial charge in [0, 0.05) is 31.2 Å². The standard InChI is InChI=1S/C12H18N2/c1-2-10-5-6-12(14-9-10)8-11-4-3-7-13-11/h5-6,9,11,13H,2-4,7-8H2,1H3/p+1/t11-/m0/s1. The highest BCUT2D eigenvalue weighted by molar-refractivity contribution is 5.14. The lowest BCUT2D eigenvalue weighted by Crippen LogP contribution is -2.87. The van der Waals surface area contributed by atoms with Gasteiger partial charge in [0.1, 0.15) is 0 Å². The molecule has 1 aliphatic rings. The fourth-order valence-electron chi connectivity index (χ4n) is 2.09. The van der Waals surface area contributed by atoms with Crippen LogP contribution >= 0.6 is 0 Å². The Morgan fingerprint density at radius 3 is 3.00 bits per heavy atom. The number of nitrogens with zero attached hydrogens (tertiary/aromatic N) is 1. The van der Waals surface area contributed by atoms with Crippen LogP contribution in [0.5, 0.6) is 0 Å². The van der Waals surface area contributed by atoms with Crippen molar-refractivity contribution in [2.24, 2.45) is 0 Å². The molecule has 14 heavy (non-hydrogen) atoms.